The third-order valence-electron chi connectivity index (χ3n) is 7.26. The summed E-state index contributed by atoms with van der Waals surface area (Å²) < 4.78 is 16.2. The Bertz CT molecular complexity index is 1130. The van der Waals surface area contributed by atoms with Crippen LogP contribution in [0.15, 0.2) is 18.5 Å². The second-order valence-corrected chi connectivity index (χ2v) is 11.0. The maximum Gasteiger partial charge on any atom is 0.244 e. The molecular weight excluding hydrogens is 469 g/mol. The number of aromatic nitrogens is 7. The van der Waals surface area contributed by atoms with E-state index in [4.69, 9.17) is 0 Å². The van der Waals surface area contributed by atoms with Crippen molar-refractivity contribution in [2.45, 2.75) is 89.5 Å². The molecule has 2 saturated heterocycles. The van der Waals surface area contributed by atoms with Crippen molar-refractivity contribution in [3.8, 4) is 0 Å². The van der Waals surface area contributed by atoms with E-state index in [1.54, 1.807) is 6.07 Å². The minimum atomic E-state index is -0.259. The first-order valence-corrected chi connectivity index (χ1v) is 13.1. The summed E-state index contributed by atoms with van der Waals surface area (Å²) in [5.74, 6) is 2.20. The number of hydrogen-bond donors (Lipinski definition) is 1. The molecule has 35 heavy (non-hydrogen) atoms. The van der Waals surface area contributed by atoms with Gasteiger partial charge in [-0.25, -0.2) is 0 Å². The molecule has 0 aliphatic carbocycles. The number of thiophene rings is 1. The van der Waals surface area contributed by atoms with E-state index in [1.165, 1.54) is 30.0 Å². The Kier molecular flexibility index (Phi) is 6.92. The first-order valence-electron chi connectivity index (χ1n) is 12.3. The highest BCUT2D eigenvalue weighted by Crippen LogP contribution is 2.42. The molecule has 0 saturated carbocycles. The SMILES string of the molecule is Cc1nnc(C(C)C)n1C1C[C@@H]2CC[C@@H](C1)N2CC[C@H](NC(=O)Cn1ncnn1)c1ccc(F)s1. The number of aryl methyl sites for hydroxylation is 1. The molecule has 0 spiro atoms. The Labute approximate surface area is 207 Å². The van der Waals surface area contributed by atoms with Gasteiger partial charge in [0.1, 0.15) is 18.2 Å². The Morgan fingerprint density at radius 2 is 1.97 bits per heavy atom. The van der Waals surface area contributed by atoms with Gasteiger partial charge in [0.25, 0.3) is 0 Å². The van der Waals surface area contributed by atoms with E-state index in [0.717, 1.165) is 53.7 Å². The zero-order chi connectivity index (χ0) is 24.5. The molecule has 10 nitrogen and oxygen atoms in total. The molecule has 3 aromatic rings. The number of amides is 1. The van der Waals surface area contributed by atoms with Gasteiger partial charge in [0.15, 0.2) is 11.5 Å². The zero-order valence-electron chi connectivity index (χ0n) is 20.3. The van der Waals surface area contributed by atoms with Gasteiger partial charge in [0.05, 0.1) is 6.04 Å². The minimum Gasteiger partial charge on any atom is -0.347 e. The predicted molar refractivity (Wildman–Crippen MR) is 128 cm³/mol. The van der Waals surface area contributed by atoms with Crippen LogP contribution in [-0.4, -0.2) is 64.4 Å². The zero-order valence-corrected chi connectivity index (χ0v) is 21.2. The summed E-state index contributed by atoms with van der Waals surface area (Å²) in [5.41, 5.74) is 0. The maximum atomic E-state index is 13.8. The Hall–Kier alpha value is -2.73. The van der Waals surface area contributed by atoms with Gasteiger partial charge < -0.3 is 9.88 Å². The van der Waals surface area contributed by atoms with E-state index in [9.17, 15) is 9.18 Å². The fourth-order valence-corrected chi connectivity index (χ4v) is 6.58. The first-order chi connectivity index (χ1) is 16.9. The summed E-state index contributed by atoms with van der Waals surface area (Å²) in [4.78, 5) is 17.3. The van der Waals surface area contributed by atoms with Crippen LogP contribution in [0.25, 0.3) is 0 Å². The topological polar surface area (TPSA) is 107 Å². The number of nitrogens with zero attached hydrogens (tertiary/aromatic N) is 8. The lowest BCUT2D eigenvalue weighted by molar-refractivity contribution is -0.122. The maximum absolute atomic E-state index is 13.8. The van der Waals surface area contributed by atoms with E-state index in [2.05, 4.69) is 61.2 Å². The average Bonchev–Trinajstić information content (AvgIpc) is 3.60. The molecule has 5 rings (SSSR count). The van der Waals surface area contributed by atoms with Crippen LogP contribution >= 0.6 is 11.3 Å². The van der Waals surface area contributed by atoms with E-state index in [-0.39, 0.29) is 23.6 Å². The van der Waals surface area contributed by atoms with Crippen LogP contribution in [-0.2, 0) is 11.3 Å². The molecule has 188 valence electrons. The number of piperidine rings is 1. The van der Waals surface area contributed by atoms with Gasteiger partial charge >= 0.3 is 0 Å². The van der Waals surface area contributed by atoms with Crippen molar-refractivity contribution < 1.29 is 9.18 Å². The van der Waals surface area contributed by atoms with Crippen LogP contribution < -0.4 is 5.32 Å². The number of carbonyl (C=O) groups is 1. The van der Waals surface area contributed by atoms with E-state index >= 15 is 0 Å². The molecule has 3 aromatic heterocycles. The highest BCUT2D eigenvalue weighted by Gasteiger charge is 2.42. The van der Waals surface area contributed by atoms with E-state index in [0.29, 0.717) is 24.0 Å². The monoisotopic (exact) mass is 501 g/mol. The summed E-state index contributed by atoms with van der Waals surface area (Å²) >= 11 is 1.09. The van der Waals surface area contributed by atoms with Crippen LogP contribution in [0.3, 0.4) is 0 Å². The molecule has 0 unspecified atom stereocenters. The molecule has 3 atom stereocenters. The minimum absolute atomic E-state index is 0.0164. The largest absolute Gasteiger partial charge is 0.347 e. The van der Waals surface area contributed by atoms with Crippen molar-refractivity contribution in [1.82, 2.24) is 45.2 Å². The summed E-state index contributed by atoms with van der Waals surface area (Å²) in [6.45, 7) is 7.23. The van der Waals surface area contributed by atoms with Gasteiger partial charge in [-0.3, -0.25) is 9.69 Å². The number of tetrazole rings is 1. The lowest BCUT2D eigenvalue weighted by Gasteiger charge is -2.40. The van der Waals surface area contributed by atoms with Crippen molar-refractivity contribution in [3.63, 3.8) is 0 Å². The van der Waals surface area contributed by atoms with Gasteiger partial charge in [-0.1, -0.05) is 13.8 Å². The summed E-state index contributed by atoms with van der Waals surface area (Å²) in [7, 11) is 0. The summed E-state index contributed by atoms with van der Waals surface area (Å²) in [6, 6.07) is 4.38. The van der Waals surface area contributed by atoms with Crippen LogP contribution in [0.5, 0.6) is 0 Å². The van der Waals surface area contributed by atoms with Crippen molar-refractivity contribution in [3.05, 3.63) is 40.1 Å². The van der Waals surface area contributed by atoms with Crippen LogP contribution in [0.1, 0.15) is 80.5 Å². The third-order valence-corrected chi connectivity index (χ3v) is 8.25. The molecule has 1 N–H and O–H groups in total. The highest BCUT2D eigenvalue weighted by atomic mass is 32.1. The average molecular weight is 502 g/mol. The van der Waals surface area contributed by atoms with Gasteiger partial charge in [-0.15, -0.1) is 31.7 Å². The molecule has 0 radical (unpaired) electrons. The van der Waals surface area contributed by atoms with Gasteiger partial charge in [-0.05, 0) is 56.4 Å². The van der Waals surface area contributed by atoms with Crippen molar-refractivity contribution in [2.75, 3.05) is 6.54 Å². The fourth-order valence-electron chi connectivity index (χ4n) is 5.76. The number of carbonyl (C=O) groups excluding carboxylic acids is 1. The first kappa shape index (κ1) is 24.0. The molecule has 1 amide bonds. The van der Waals surface area contributed by atoms with Crippen molar-refractivity contribution in [2.24, 2.45) is 0 Å². The Morgan fingerprint density at radius 1 is 1.20 bits per heavy atom. The second kappa shape index (κ2) is 10.1. The molecular formula is C23H32FN9OS. The smallest absolute Gasteiger partial charge is 0.244 e. The van der Waals surface area contributed by atoms with Crippen molar-refractivity contribution in [1.29, 1.82) is 0 Å². The molecule has 2 fully saturated rings. The van der Waals surface area contributed by atoms with Gasteiger partial charge in [0, 0.05) is 35.5 Å². The number of rotatable bonds is 9. The molecule has 12 heteroatoms. The number of halogens is 1. The summed E-state index contributed by atoms with van der Waals surface area (Å²) in [6.07, 6.45) is 6.54. The lowest BCUT2D eigenvalue weighted by Crippen LogP contribution is -2.45. The third kappa shape index (κ3) is 5.13. The van der Waals surface area contributed by atoms with Crippen LogP contribution in [0, 0.1) is 12.1 Å². The molecule has 2 bridgehead atoms. The Balaban J connectivity index is 1.25. The number of hydrogen-bond acceptors (Lipinski definition) is 8. The van der Waals surface area contributed by atoms with Gasteiger partial charge in [-0.2, -0.15) is 9.19 Å². The summed E-state index contributed by atoms with van der Waals surface area (Å²) in [5, 5.41) is 22.9. The second-order valence-electron chi connectivity index (χ2n) is 9.90. The lowest BCUT2D eigenvalue weighted by atomic mass is 9.95. The highest BCUT2D eigenvalue weighted by molar-refractivity contribution is 7.10. The normalized spacial score (nSPS) is 23.2. The number of fused-ring (bicyclic) bond motifs is 2. The molecule has 2 aliphatic heterocycles. The standard InChI is InChI=1S/C23H32FN9OS/c1-14(2)23-29-28-15(3)33(23)18-10-16-4-5-17(11-18)31(16)9-8-19(20-6-7-21(24)35-20)27-22(34)12-32-26-13-25-30-32/h6-7,13-14,16-19H,4-5,8-12H2,1-3H3,(H,27,34)/t16-,17-,19-/m0/s1. The molecule has 0 aromatic carbocycles. The number of nitrogens with one attached hydrogen (secondary N) is 1. The van der Waals surface area contributed by atoms with Gasteiger partial charge in [0.2, 0.25) is 5.91 Å². The molecule has 5 heterocycles. The molecule has 2 aliphatic rings. The van der Waals surface area contributed by atoms with Crippen molar-refractivity contribution >= 4 is 17.2 Å². The fraction of sp³-hybridized carbons (Fsp3) is 0.652. The Morgan fingerprint density at radius 3 is 2.60 bits per heavy atom. The predicted octanol–water partition coefficient (Wildman–Crippen LogP) is 3.01. The van der Waals surface area contributed by atoms with Crippen LogP contribution in [0.4, 0.5) is 4.39 Å². The quantitative estimate of drug-likeness (QED) is 0.480. The van der Waals surface area contributed by atoms with E-state index < -0.39 is 0 Å². The van der Waals surface area contributed by atoms with Crippen LogP contribution in [0.2, 0.25) is 0 Å². The van der Waals surface area contributed by atoms with E-state index in [1.807, 2.05) is 0 Å².